The number of nitrogens with one attached hydrogen (secondary N) is 1. The van der Waals surface area contributed by atoms with Gasteiger partial charge in [0.1, 0.15) is 17.5 Å². The molecule has 2 N–H and O–H groups in total. The topological polar surface area (TPSA) is 78.9 Å². The summed E-state index contributed by atoms with van der Waals surface area (Å²) in [5, 5.41) is 14.0. The Kier molecular flexibility index (Phi) is 7.36. The number of hydrogen-bond acceptors (Lipinski definition) is 5. The van der Waals surface area contributed by atoms with E-state index in [0.29, 0.717) is 25.3 Å². The van der Waals surface area contributed by atoms with Crippen LogP contribution < -0.4 is 10.1 Å². The number of ether oxygens (including phenoxy) is 1. The fourth-order valence-corrected chi connectivity index (χ4v) is 6.23. The third kappa shape index (κ3) is 4.61. The van der Waals surface area contributed by atoms with E-state index in [-0.39, 0.29) is 35.7 Å². The molecule has 0 saturated heterocycles. The first kappa shape index (κ1) is 24.8. The van der Waals surface area contributed by atoms with Crippen molar-refractivity contribution >= 4 is 11.7 Å². The van der Waals surface area contributed by atoms with E-state index in [2.05, 4.69) is 31.3 Å². The number of ketones is 1. The summed E-state index contributed by atoms with van der Waals surface area (Å²) in [5.41, 5.74) is 1.83. The molecule has 34 heavy (non-hydrogen) atoms. The Morgan fingerprint density at radius 2 is 1.85 bits per heavy atom. The number of aliphatic hydroxyl groups is 1. The van der Waals surface area contributed by atoms with Gasteiger partial charge < -0.3 is 15.2 Å². The molecule has 6 nitrogen and oxygen atoms in total. The smallest absolute Gasteiger partial charge is 0.239 e. The maximum Gasteiger partial charge on any atom is 0.239 e. The van der Waals surface area contributed by atoms with Gasteiger partial charge in [0.15, 0.2) is 5.78 Å². The number of nitrogens with zero attached hydrogens (tertiary/aromatic N) is 1. The van der Waals surface area contributed by atoms with Crippen LogP contribution in [0.3, 0.4) is 0 Å². The zero-order valence-electron chi connectivity index (χ0n) is 21.1. The lowest BCUT2D eigenvalue weighted by atomic mass is 9.74. The predicted octanol–water partition coefficient (Wildman–Crippen LogP) is 4.07. The first-order valence-corrected chi connectivity index (χ1v) is 12.9. The summed E-state index contributed by atoms with van der Waals surface area (Å²) >= 11 is 0. The van der Waals surface area contributed by atoms with Crippen LogP contribution >= 0.6 is 0 Å². The number of Topliss-reactive ketones (excluding diaryl/α,β-unsaturated/α-hetero) is 1. The molecule has 0 spiro atoms. The van der Waals surface area contributed by atoms with E-state index in [4.69, 9.17) is 4.74 Å². The van der Waals surface area contributed by atoms with Crippen molar-refractivity contribution in [2.24, 2.45) is 23.2 Å². The van der Waals surface area contributed by atoms with Gasteiger partial charge >= 0.3 is 0 Å². The van der Waals surface area contributed by atoms with Gasteiger partial charge in [-0.05, 0) is 61.1 Å². The van der Waals surface area contributed by atoms with E-state index in [1.807, 2.05) is 24.0 Å². The second kappa shape index (κ2) is 10.1. The molecular weight excluding hydrogens is 428 g/mol. The van der Waals surface area contributed by atoms with E-state index < -0.39 is 5.92 Å². The summed E-state index contributed by atoms with van der Waals surface area (Å²) in [6.45, 7) is 6.90. The molecule has 1 fully saturated rings. The molecule has 1 aromatic rings. The van der Waals surface area contributed by atoms with Gasteiger partial charge in [0.05, 0.1) is 7.11 Å². The van der Waals surface area contributed by atoms with Crippen molar-refractivity contribution in [3.63, 3.8) is 0 Å². The van der Waals surface area contributed by atoms with Gasteiger partial charge in [-0.2, -0.15) is 0 Å². The van der Waals surface area contributed by atoms with Gasteiger partial charge in [-0.15, -0.1) is 0 Å². The molecule has 4 rings (SSSR count). The van der Waals surface area contributed by atoms with Crippen molar-refractivity contribution in [3.8, 4) is 5.75 Å². The van der Waals surface area contributed by atoms with Crippen molar-refractivity contribution in [2.45, 2.75) is 71.8 Å². The quantitative estimate of drug-likeness (QED) is 0.534. The monoisotopic (exact) mass is 468 g/mol. The van der Waals surface area contributed by atoms with Crippen LogP contribution in [-0.4, -0.2) is 48.0 Å². The van der Waals surface area contributed by atoms with Crippen molar-refractivity contribution in [1.82, 2.24) is 10.2 Å². The van der Waals surface area contributed by atoms with Gasteiger partial charge in [-0.3, -0.25) is 14.5 Å². The van der Waals surface area contributed by atoms with E-state index in [0.717, 1.165) is 54.8 Å². The summed E-state index contributed by atoms with van der Waals surface area (Å²) in [6, 6.07) is 8.06. The first-order chi connectivity index (χ1) is 16.3. The average molecular weight is 469 g/mol. The molecule has 1 amide bonds. The van der Waals surface area contributed by atoms with Gasteiger partial charge in [-0.25, -0.2) is 0 Å². The number of carbonyl (C=O) groups excluding carboxylic acids is 2. The van der Waals surface area contributed by atoms with Gasteiger partial charge in [0.2, 0.25) is 5.91 Å². The Balaban J connectivity index is 1.73. The normalized spacial score (nSPS) is 26.3. The summed E-state index contributed by atoms with van der Waals surface area (Å²) < 4.78 is 5.32. The Hall–Kier alpha value is -2.34. The van der Waals surface area contributed by atoms with Gasteiger partial charge in [-0.1, -0.05) is 45.7 Å². The Labute approximate surface area is 203 Å². The first-order valence-electron chi connectivity index (χ1n) is 12.9. The highest BCUT2D eigenvalue weighted by Gasteiger charge is 2.50. The average Bonchev–Trinajstić information content (AvgIpc) is 3.43. The lowest BCUT2D eigenvalue weighted by Crippen LogP contribution is -2.48. The number of rotatable bonds is 9. The van der Waals surface area contributed by atoms with E-state index in [9.17, 15) is 14.7 Å². The minimum Gasteiger partial charge on any atom is -0.497 e. The van der Waals surface area contributed by atoms with Gasteiger partial charge in [0, 0.05) is 30.7 Å². The highest BCUT2D eigenvalue weighted by atomic mass is 16.5. The molecule has 1 aliphatic carbocycles. The van der Waals surface area contributed by atoms with Crippen LogP contribution in [0, 0.1) is 23.2 Å². The van der Waals surface area contributed by atoms with E-state index in [1.54, 1.807) is 7.11 Å². The molecule has 1 aromatic carbocycles. The number of benzene rings is 1. The molecule has 0 radical (unpaired) electrons. The standard InChI is InChI=1S/C28H40N2O4/c1-5-21-25(32)24-22(14-19-8-10-20(34-4)11-9-19)23(15-28(17-31)12-6-7-13-28)29-26(24)30(27(21)33)16-18(2)3/h8-11,18,21-23,29,31H,5-7,12-17H2,1-4H3. The van der Waals surface area contributed by atoms with E-state index >= 15 is 0 Å². The number of hydrogen-bond donors (Lipinski definition) is 2. The molecule has 186 valence electrons. The van der Waals surface area contributed by atoms with Crippen molar-refractivity contribution in [1.29, 1.82) is 0 Å². The predicted molar refractivity (Wildman–Crippen MR) is 132 cm³/mol. The third-order valence-corrected chi connectivity index (χ3v) is 8.07. The van der Waals surface area contributed by atoms with Crippen LogP contribution in [-0.2, 0) is 16.0 Å². The zero-order chi connectivity index (χ0) is 24.5. The van der Waals surface area contributed by atoms with Crippen LogP contribution in [0.5, 0.6) is 5.75 Å². The largest absolute Gasteiger partial charge is 0.497 e. The second-order valence-electron chi connectivity index (χ2n) is 10.9. The van der Waals surface area contributed by atoms with Crippen molar-refractivity contribution in [2.75, 3.05) is 20.3 Å². The van der Waals surface area contributed by atoms with Crippen LogP contribution in [0.2, 0.25) is 0 Å². The highest BCUT2D eigenvalue weighted by Crippen LogP contribution is 2.47. The maximum absolute atomic E-state index is 13.7. The highest BCUT2D eigenvalue weighted by molar-refractivity contribution is 6.13. The summed E-state index contributed by atoms with van der Waals surface area (Å²) in [4.78, 5) is 28.9. The van der Waals surface area contributed by atoms with Crippen LogP contribution in [0.25, 0.3) is 0 Å². The fraction of sp³-hybridized carbons (Fsp3) is 0.643. The second-order valence-corrected chi connectivity index (χ2v) is 10.9. The lowest BCUT2D eigenvalue weighted by Gasteiger charge is -2.34. The van der Waals surface area contributed by atoms with Crippen molar-refractivity contribution in [3.05, 3.63) is 41.2 Å². The molecule has 2 heterocycles. The van der Waals surface area contributed by atoms with Crippen LogP contribution in [0.4, 0.5) is 0 Å². The number of amides is 1. The zero-order valence-corrected chi connectivity index (χ0v) is 21.1. The summed E-state index contributed by atoms with van der Waals surface area (Å²) in [5.74, 6) is 1.11. The third-order valence-electron chi connectivity index (χ3n) is 8.07. The molecule has 3 unspecified atom stereocenters. The molecule has 1 saturated carbocycles. The minimum atomic E-state index is -0.602. The molecule has 0 bridgehead atoms. The van der Waals surface area contributed by atoms with Crippen LogP contribution in [0.15, 0.2) is 35.7 Å². The minimum absolute atomic E-state index is 0.0133. The van der Waals surface area contributed by atoms with Crippen LogP contribution in [0.1, 0.15) is 64.9 Å². The number of carbonyl (C=O) groups is 2. The molecule has 3 aliphatic rings. The van der Waals surface area contributed by atoms with Gasteiger partial charge in [0.25, 0.3) is 0 Å². The number of aliphatic hydroxyl groups excluding tert-OH is 1. The molecule has 6 heteroatoms. The molecular formula is C28H40N2O4. The van der Waals surface area contributed by atoms with Crippen molar-refractivity contribution < 1.29 is 19.4 Å². The van der Waals surface area contributed by atoms with E-state index in [1.165, 1.54) is 0 Å². The molecule has 3 atom stereocenters. The summed E-state index contributed by atoms with van der Waals surface area (Å²) in [6.07, 6.45) is 6.35. The Morgan fingerprint density at radius 1 is 1.18 bits per heavy atom. The summed E-state index contributed by atoms with van der Waals surface area (Å²) in [7, 11) is 1.66. The SMILES string of the molecule is CCC1C(=O)C2=C(NC(CC3(CO)CCCC3)C2Cc2ccc(OC)cc2)N(CC(C)C)C1=O. The molecule has 0 aromatic heterocycles. The Morgan fingerprint density at radius 3 is 2.41 bits per heavy atom. The molecule has 2 aliphatic heterocycles. The maximum atomic E-state index is 13.7. The lowest BCUT2D eigenvalue weighted by molar-refractivity contribution is -0.141. The number of methoxy groups -OCH3 is 1. The fourth-order valence-electron chi connectivity index (χ4n) is 6.23. The Bertz CT molecular complexity index is 930.